The average molecular weight is 422 g/mol. The van der Waals surface area contributed by atoms with E-state index in [1.54, 1.807) is 0 Å². The van der Waals surface area contributed by atoms with Crippen LogP contribution >= 0.6 is 0 Å². The van der Waals surface area contributed by atoms with Gasteiger partial charge in [-0.3, -0.25) is 4.79 Å². The maximum atomic E-state index is 11.5. The van der Waals surface area contributed by atoms with Crippen molar-refractivity contribution in [1.29, 1.82) is 0 Å². The molecule has 0 atom stereocenters. The van der Waals surface area contributed by atoms with E-state index in [0.717, 1.165) is 28.3 Å². The number of rotatable bonds is 8. The molecule has 0 radical (unpaired) electrons. The molecule has 0 amide bonds. The van der Waals surface area contributed by atoms with Crippen LogP contribution in [0.5, 0.6) is 11.5 Å². The molecule has 6 nitrogen and oxygen atoms in total. The standard InChI is InChI=1S/C26H22N4O2/c1-2-21(31)16-18-8-12-20(13-9-18)30-26-24(25(27)28-17-29-26)19-10-14-23(15-11-19)32-22-6-4-3-5-7-22/h2-15,17H,1,16H2,(H3,27,28,29,30). The highest BCUT2D eigenvalue weighted by Gasteiger charge is 2.13. The number of nitrogens with zero attached hydrogens (tertiary/aromatic N) is 2. The minimum Gasteiger partial charge on any atom is -0.457 e. The molecule has 158 valence electrons. The number of nitrogen functional groups attached to an aromatic ring is 1. The molecule has 3 N–H and O–H groups in total. The van der Waals surface area contributed by atoms with Gasteiger partial charge in [-0.15, -0.1) is 0 Å². The summed E-state index contributed by atoms with van der Waals surface area (Å²) < 4.78 is 5.86. The van der Waals surface area contributed by atoms with Crippen LogP contribution in [0.15, 0.2) is 97.8 Å². The Balaban J connectivity index is 1.55. The van der Waals surface area contributed by atoms with E-state index < -0.39 is 0 Å². The van der Waals surface area contributed by atoms with Gasteiger partial charge < -0.3 is 15.8 Å². The third kappa shape index (κ3) is 4.99. The molecule has 1 aromatic heterocycles. The van der Waals surface area contributed by atoms with Crippen molar-refractivity contribution >= 4 is 23.1 Å². The van der Waals surface area contributed by atoms with Crippen molar-refractivity contribution in [3.8, 4) is 22.6 Å². The summed E-state index contributed by atoms with van der Waals surface area (Å²) in [5.74, 6) is 2.42. The lowest BCUT2D eigenvalue weighted by Crippen LogP contribution is -2.03. The molecule has 4 rings (SSSR count). The van der Waals surface area contributed by atoms with Crippen molar-refractivity contribution in [1.82, 2.24) is 9.97 Å². The van der Waals surface area contributed by atoms with Crippen molar-refractivity contribution in [3.63, 3.8) is 0 Å². The van der Waals surface area contributed by atoms with E-state index in [-0.39, 0.29) is 5.78 Å². The van der Waals surface area contributed by atoms with Crippen molar-refractivity contribution in [2.45, 2.75) is 6.42 Å². The molecule has 0 bridgehead atoms. The maximum absolute atomic E-state index is 11.5. The molecule has 0 aliphatic heterocycles. The van der Waals surface area contributed by atoms with Gasteiger partial charge in [-0.05, 0) is 53.6 Å². The first-order valence-corrected chi connectivity index (χ1v) is 10.1. The van der Waals surface area contributed by atoms with E-state index in [1.807, 2.05) is 78.9 Å². The Morgan fingerprint density at radius 3 is 2.31 bits per heavy atom. The summed E-state index contributed by atoms with van der Waals surface area (Å²) in [7, 11) is 0. The second-order valence-electron chi connectivity index (χ2n) is 7.09. The van der Waals surface area contributed by atoms with Gasteiger partial charge in [0.15, 0.2) is 5.78 Å². The molecule has 0 aliphatic rings. The molecule has 0 saturated carbocycles. The third-order valence-electron chi connectivity index (χ3n) is 4.82. The van der Waals surface area contributed by atoms with E-state index in [2.05, 4.69) is 21.9 Å². The summed E-state index contributed by atoms with van der Waals surface area (Å²) in [5, 5.41) is 3.29. The number of carbonyl (C=O) groups excluding carboxylic acids is 1. The lowest BCUT2D eigenvalue weighted by atomic mass is 10.1. The van der Waals surface area contributed by atoms with Crippen LogP contribution in [0, 0.1) is 0 Å². The number of nitrogens with one attached hydrogen (secondary N) is 1. The number of hydrogen-bond donors (Lipinski definition) is 2. The van der Waals surface area contributed by atoms with Crippen LogP contribution < -0.4 is 15.8 Å². The van der Waals surface area contributed by atoms with E-state index in [4.69, 9.17) is 10.5 Å². The molecule has 0 spiro atoms. The minimum absolute atomic E-state index is 0.0174. The van der Waals surface area contributed by atoms with Crippen LogP contribution in [-0.2, 0) is 11.2 Å². The van der Waals surface area contributed by atoms with Crippen LogP contribution in [0.3, 0.4) is 0 Å². The van der Waals surface area contributed by atoms with Crippen LogP contribution in [0.1, 0.15) is 5.56 Å². The van der Waals surface area contributed by atoms with Crippen molar-refractivity contribution < 1.29 is 9.53 Å². The van der Waals surface area contributed by atoms with Gasteiger partial charge in [0.1, 0.15) is 29.5 Å². The summed E-state index contributed by atoms with van der Waals surface area (Å²) in [6.07, 6.45) is 3.08. The molecule has 6 heteroatoms. The highest BCUT2D eigenvalue weighted by molar-refractivity contribution is 5.91. The molecule has 0 saturated heterocycles. The molecular weight excluding hydrogens is 400 g/mol. The minimum atomic E-state index is -0.0174. The average Bonchev–Trinajstić information content (AvgIpc) is 2.82. The number of ether oxygens (including phenoxy) is 1. The molecular formula is C26H22N4O2. The first-order valence-electron chi connectivity index (χ1n) is 10.1. The second-order valence-corrected chi connectivity index (χ2v) is 7.09. The molecule has 32 heavy (non-hydrogen) atoms. The van der Waals surface area contributed by atoms with Crippen molar-refractivity contribution in [3.05, 3.63) is 103 Å². The number of ketones is 1. The normalized spacial score (nSPS) is 10.4. The number of benzene rings is 3. The molecule has 3 aromatic carbocycles. The summed E-state index contributed by atoms with van der Waals surface area (Å²) >= 11 is 0. The lowest BCUT2D eigenvalue weighted by Gasteiger charge is -2.14. The fraction of sp³-hybridized carbons (Fsp3) is 0.0385. The number of hydrogen-bond acceptors (Lipinski definition) is 6. The predicted octanol–water partition coefficient (Wildman–Crippen LogP) is 5.56. The Hall–Kier alpha value is -4.45. The summed E-state index contributed by atoms with van der Waals surface area (Å²) in [4.78, 5) is 20.1. The van der Waals surface area contributed by atoms with Gasteiger partial charge in [0, 0.05) is 12.1 Å². The van der Waals surface area contributed by atoms with Crippen LogP contribution in [0.25, 0.3) is 11.1 Å². The Kier molecular flexibility index (Phi) is 6.22. The van der Waals surface area contributed by atoms with Crippen molar-refractivity contribution in [2.75, 3.05) is 11.1 Å². The second kappa shape index (κ2) is 9.57. The molecule has 1 heterocycles. The number of anilines is 3. The van der Waals surface area contributed by atoms with Crippen LogP contribution in [0.2, 0.25) is 0 Å². The monoisotopic (exact) mass is 422 g/mol. The number of allylic oxidation sites excluding steroid dienone is 1. The Morgan fingerprint density at radius 1 is 0.938 bits per heavy atom. The van der Waals surface area contributed by atoms with E-state index in [9.17, 15) is 4.79 Å². The van der Waals surface area contributed by atoms with Crippen LogP contribution in [-0.4, -0.2) is 15.8 Å². The van der Waals surface area contributed by atoms with E-state index >= 15 is 0 Å². The van der Waals surface area contributed by atoms with Gasteiger partial charge >= 0.3 is 0 Å². The number of aromatic nitrogens is 2. The summed E-state index contributed by atoms with van der Waals surface area (Å²) in [5.41, 5.74) is 9.49. The van der Waals surface area contributed by atoms with E-state index in [1.165, 1.54) is 12.4 Å². The lowest BCUT2D eigenvalue weighted by molar-refractivity contribution is -0.114. The fourth-order valence-electron chi connectivity index (χ4n) is 3.21. The molecule has 0 aliphatic carbocycles. The zero-order valence-electron chi connectivity index (χ0n) is 17.4. The Bertz CT molecular complexity index is 1220. The molecule has 0 fully saturated rings. The van der Waals surface area contributed by atoms with Gasteiger partial charge in [-0.2, -0.15) is 0 Å². The summed E-state index contributed by atoms with van der Waals surface area (Å²) in [6.45, 7) is 3.51. The van der Waals surface area contributed by atoms with Gasteiger partial charge in [0.25, 0.3) is 0 Å². The quantitative estimate of drug-likeness (QED) is 0.361. The van der Waals surface area contributed by atoms with Gasteiger partial charge in [-0.25, -0.2) is 9.97 Å². The largest absolute Gasteiger partial charge is 0.457 e. The first kappa shape index (κ1) is 20.8. The Labute approximate surface area is 186 Å². The summed E-state index contributed by atoms with van der Waals surface area (Å²) in [6, 6.07) is 24.8. The van der Waals surface area contributed by atoms with Gasteiger partial charge in [0.05, 0.1) is 5.56 Å². The topological polar surface area (TPSA) is 90.1 Å². The number of carbonyl (C=O) groups is 1. The number of nitrogens with two attached hydrogens (primary N) is 1. The van der Waals surface area contributed by atoms with Crippen LogP contribution in [0.4, 0.5) is 17.3 Å². The van der Waals surface area contributed by atoms with E-state index in [0.29, 0.717) is 23.6 Å². The molecule has 4 aromatic rings. The van der Waals surface area contributed by atoms with Gasteiger partial charge in [0.2, 0.25) is 0 Å². The zero-order chi connectivity index (χ0) is 22.3. The fourth-order valence-corrected chi connectivity index (χ4v) is 3.21. The predicted molar refractivity (Wildman–Crippen MR) is 127 cm³/mol. The van der Waals surface area contributed by atoms with Crippen molar-refractivity contribution in [2.24, 2.45) is 0 Å². The molecule has 0 unspecified atom stereocenters. The SMILES string of the molecule is C=CC(=O)Cc1ccc(Nc2ncnc(N)c2-c2ccc(Oc3ccccc3)cc2)cc1. The van der Waals surface area contributed by atoms with Gasteiger partial charge in [-0.1, -0.05) is 49.0 Å². The highest BCUT2D eigenvalue weighted by atomic mass is 16.5. The zero-order valence-corrected chi connectivity index (χ0v) is 17.4. The number of para-hydroxylation sites is 1. The Morgan fingerprint density at radius 2 is 1.62 bits per heavy atom. The highest BCUT2D eigenvalue weighted by Crippen LogP contribution is 2.34. The maximum Gasteiger partial charge on any atom is 0.159 e. The third-order valence-corrected chi connectivity index (χ3v) is 4.82. The first-order chi connectivity index (χ1) is 15.6. The smallest absolute Gasteiger partial charge is 0.159 e.